The summed E-state index contributed by atoms with van der Waals surface area (Å²) in [7, 11) is -1.85. The summed E-state index contributed by atoms with van der Waals surface area (Å²) in [4.78, 5) is 16.1. The Bertz CT molecular complexity index is 968. The molecule has 25 heavy (non-hydrogen) atoms. The number of sulfonamides is 1. The van der Waals surface area contributed by atoms with Gasteiger partial charge in [-0.2, -0.15) is 4.31 Å². The van der Waals surface area contributed by atoms with Gasteiger partial charge in [0.25, 0.3) is 15.6 Å². The Morgan fingerprint density at radius 1 is 1.24 bits per heavy atom. The molecule has 4 rings (SSSR count). The molecule has 2 aliphatic rings. The lowest BCUT2D eigenvalue weighted by molar-refractivity contribution is 0.0757. The highest BCUT2D eigenvalue weighted by Crippen LogP contribution is 2.35. The van der Waals surface area contributed by atoms with Crippen LogP contribution in [0.15, 0.2) is 34.5 Å². The second-order valence-electron chi connectivity index (χ2n) is 6.71. The Kier molecular flexibility index (Phi) is 3.73. The van der Waals surface area contributed by atoms with Gasteiger partial charge < -0.3 is 13.9 Å². The number of ether oxygens (including phenoxy) is 1. The maximum absolute atomic E-state index is 12.4. The molecule has 0 radical (unpaired) electrons. The Balaban J connectivity index is 1.42. The molecule has 8 nitrogen and oxygen atoms in total. The van der Waals surface area contributed by atoms with Crippen LogP contribution in [0.4, 0.5) is 0 Å². The van der Waals surface area contributed by atoms with Crippen molar-refractivity contribution < 1.29 is 13.2 Å². The van der Waals surface area contributed by atoms with Gasteiger partial charge in [0.15, 0.2) is 5.03 Å². The van der Waals surface area contributed by atoms with Gasteiger partial charge in [-0.3, -0.25) is 4.79 Å². The van der Waals surface area contributed by atoms with Crippen LogP contribution in [-0.4, -0.2) is 46.0 Å². The number of hydrogen-bond acceptors (Lipinski definition) is 5. The molecule has 0 spiro atoms. The summed E-state index contributed by atoms with van der Waals surface area (Å²) in [5.41, 5.74) is 0.817. The molecule has 0 atom stereocenters. The molecule has 3 heterocycles. The zero-order valence-electron chi connectivity index (χ0n) is 14.1. The summed E-state index contributed by atoms with van der Waals surface area (Å²) >= 11 is 0. The molecule has 1 saturated carbocycles. The predicted molar refractivity (Wildman–Crippen MR) is 90.1 cm³/mol. The summed E-state index contributed by atoms with van der Waals surface area (Å²) in [5.74, 6) is 0.499. The molecule has 2 fully saturated rings. The summed E-state index contributed by atoms with van der Waals surface area (Å²) < 4.78 is 35.3. The number of aryl methyl sites for hydroxylation is 2. The van der Waals surface area contributed by atoms with E-state index in [9.17, 15) is 13.2 Å². The Morgan fingerprint density at radius 2 is 1.96 bits per heavy atom. The number of aromatic nitrogens is 3. The van der Waals surface area contributed by atoms with Crippen LogP contribution in [-0.2, 0) is 17.1 Å². The molecule has 1 aliphatic heterocycles. The van der Waals surface area contributed by atoms with Crippen molar-refractivity contribution in [1.82, 2.24) is 18.4 Å². The van der Waals surface area contributed by atoms with Crippen molar-refractivity contribution >= 4 is 10.0 Å². The molecule has 9 heteroatoms. The van der Waals surface area contributed by atoms with Gasteiger partial charge in [-0.1, -0.05) is 0 Å². The van der Waals surface area contributed by atoms with E-state index in [4.69, 9.17) is 4.74 Å². The monoisotopic (exact) mass is 364 g/mol. The molecule has 1 aliphatic carbocycles. The van der Waals surface area contributed by atoms with Gasteiger partial charge in [0, 0.05) is 31.0 Å². The Labute approximate surface area is 145 Å². The van der Waals surface area contributed by atoms with Gasteiger partial charge in [-0.25, -0.2) is 13.4 Å². The van der Waals surface area contributed by atoms with E-state index in [1.807, 2.05) is 13.0 Å². The molecule has 0 bridgehead atoms. The minimum absolute atomic E-state index is 0.0383. The van der Waals surface area contributed by atoms with Crippen LogP contribution in [0.25, 0.3) is 0 Å². The normalized spacial score (nSPS) is 19.0. The van der Waals surface area contributed by atoms with Crippen LogP contribution in [0.1, 0.15) is 24.6 Å². The molecule has 0 unspecified atom stereocenters. The molecule has 0 N–H and O–H groups in total. The van der Waals surface area contributed by atoms with Gasteiger partial charge in [0.1, 0.15) is 11.9 Å². The van der Waals surface area contributed by atoms with E-state index >= 15 is 0 Å². The maximum atomic E-state index is 12.4. The summed E-state index contributed by atoms with van der Waals surface area (Å²) in [5, 5.41) is 0.0383. The molecule has 134 valence electrons. The van der Waals surface area contributed by atoms with Gasteiger partial charge >= 0.3 is 0 Å². The van der Waals surface area contributed by atoms with Gasteiger partial charge in [0.05, 0.1) is 19.4 Å². The molecule has 1 saturated heterocycles. The highest BCUT2D eigenvalue weighted by atomic mass is 32.2. The molecular weight excluding hydrogens is 344 g/mol. The second-order valence-corrected chi connectivity index (χ2v) is 8.60. The van der Waals surface area contributed by atoms with E-state index < -0.39 is 10.0 Å². The van der Waals surface area contributed by atoms with Crippen LogP contribution >= 0.6 is 0 Å². The van der Waals surface area contributed by atoms with E-state index in [0.717, 1.165) is 18.5 Å². The number of pyridine rings is 1. The molecule has 0 amide bonds. The molecular formula is C16H20N4O4S. The average molecular weight is 364 g/mol. The van der Waals surface area contributed by atoms with E-state index in [2.05, 4.69) is 4.98 Å². The maximum Gasteiger partial charge on any atom is 0.262 e. The van der Waals surface area contributed by atoms with Crippen molar-refractivity contribution in [1.29, 1.82) is 0 Å². The number of imidazole rings is 1. The van der Waals surface area contributed by atoms with Crippen LogP contribution in [0, 0.1) is 6.92 Å². The standard InChI is InChI=1S/C16H20N4O4S/c1-11-5-13(6-16(21)20(11)12-3-4-12)24-14-7-19(8-14)25(22,23)15-9-18(2)10-17-15/h5-6,9-10,12,14H,3-4,7-8H2,1-2H3. The van der Waals surface area contributed by atoms with Crippen molar-refractivity contribution in [2.45, 2.75) is 36.9 Å². The van der Waals surface area contributed by atoms with Crippen molar-refractivity contribution in [2.24, 2.45) is 7.05 Å². The van der Waals surface area contributed by atoms with E-state index in [0.29, 0.717) is 11.8 Å². The third-order valence-corrected chi connectivity index (χ3v) is 6.27. The predicted octanol–water partition coefficient (Wildman–Crippen LogP) is 0.677. The molecule has 0 aromatic carbocycles. The fraction of sp³-hybridized carbons (Fsp3) is 0.500. The summed E-state index contributed by atoms with van der Waals surface area (Å²) in [6.07, 6.45) is 4.77. The largest absolute Gasteiger partial charge is 0.487 e. The van der Waals surface area contributed by atoms with Crippen molar-refractivity contribution in [2.75, 3.05) is 13.1 Å². The second kappa shape index (κ2) is 5.70. The SMILES string of the molecule is Cc1cc(OC2CN(S(=O)(=O)c3cn(C)cn3)C2)cc(=O)n1C1CC1. The zero-order chi connectivity index (χ0) is 17.8. The van der Waals surface area contributed by atoms with E-state index in [-0.39, 0.29) is 29.8 Å². The lowest BCUT2D eigenvalue weighted by atomic mass is 10.2. The van der Waals surface area contributed by atoms with Crippen molar-refractivity contribution in [3.8, 4) is 5.75 Å². The average Bonchev–Trinajstić information content (AvgIpc) is 3.21. The fourth-order valence-electron chi connectivity index (χ4n) is 3.07. The number of rotatable bonds is 5. The summed E-state index contributed by atoms with van der Waals surface area (Å²) in [6.45, 7) is 2.40. The highest BCUT2D eigenvalue weighted by molar-refractivity contribution is 7.89. The zero-order valence-corrected chi connectivity index (χ0v) is 14.9. The Morgan fingerprint density at radius 3 is 2.52 bits per heavy atom. The van der Waals surface area contributed by atoms with Gasteiger partial charge in [0.2, 0.25) is 0 Å². The van der Waals surface area contributed by atoms with Crippen molar-refractivity contribution in [3.63, 3.8) is 0 Å². The first kappa shape index (κ1) is 16.3. The summed E-state index contributed by atoms with van der Waals surface area (Å²) in [6, 6.07) is 3.65. The van der Waals surface area contributed by atoms with Crippen LogP contribution in [0.3, 0.4) is 0 Å². The van der Waals surface area contributed by atoms with Gasteiger partial charge in [-0.15, -0.1) is 0 Å². The third kappa shape index (κ3) is 2.98. The number of hydrogen-bond donors (Lipinski definition) is 0. The Hall–Kier alpha value is -2.13. The first-order valence-electron chi connectivity index (χ1n) is 8.22. The molecule has 2 aromatic heterocycles. The lowest BCUT2D eigenvalue weighted by Gasteiger charge is -2.37. The smallest absolute Gasteiger partial charge is 0.262 e. The fourth-order valence-corrected chi connectivity index (χ4v) is 4.54. The topological polar surface area (TPSA) is 86.4 Å². The third-order valence-electron chi connectivity index (χ3n) is 4.55. The van der Waals surface area contributed by atoms with Crippen LogP contribution in [0.2, 0.25) is 0 Å². The van der Waals surface area contributed by atoms with Crippen LogP contribution in [0.5, 0.6) is 5.75 Å². The first-order valence-corrected chi connectivity index (χ1v) is 9.66. The quantitative estimate of drug-likeness (QED) is 0.779. The van der Waals surface area contributed by atoms with Crippen molar-refractivity contribution in [3.05, 3.63) is 40.7 Å². The lowest BCUT2D eigenvalue weighted by Crippen LogP contribution is -2.56. The number of nitrogens with zero attached hydrogens (tertiary/aromatic N) is 4. The first-order chi connectivity index (χ1) is 11.8. The molecule has 2 aromatic rings. The highest BCUT2D eigenvalue weighted by Gasteiger charge is 2.39. The minimum Gasteiger partial charge on any atom is -0.487 e. The van der Waals surface area contributed by atoms with E-state index in [1.54, 1.807) is 16.2 Å². The van der Waals surface area contributed by atoms with E-state index in [1.165, 1.54) is 22.9 Å². The van der Waals surface area contributed by atoms with Gasteiger partial charge in [-0.05, 0) is 25.8 Å². The van der Waals surface area contributed by atoms with Crippen LogP contribution < -0.4 is 10.3 Å². The minimum atomic E-state index is -3.58.